The van der Waals surface area contributed by atoms with Gasteiger partial charge >= 0.3 is 0 Å². The number of pyridine rings is 1. The number of aromatic nitrogens is 1. The number of hydrogen-bond donors (Lipinski definition) is 1. The summed E-state index contributed by atoms with van der Waals surface area (Å²) in [4.78, 5) is 17.0. The van der Waals surface area contributed by atoms with E-state index in [2.05, 4.69) is 10.3 Å². The monoisotopic (exact) mass is 356 g/mol. The first-order valence-corrected chi connectivity index (χ1v) is 8.66. The van der Waals surface area contributed by atoms with Gasteiger partial charge in [-0.2, -0.15) is 0 Å². The van der Waals surface area contributed by atoms with Crippen molar-refractivity contribution in [2.45, 2.75) is 18.6 Å². The summed E-state index contributed by atoms with van der Waals surface area (Å²) in [6.07, 6.45) is 2.02. The Morgan fingerprint density at radius 1 is 1.12 bits per heavy atom. The second-order valence-electron chi connectivity index (χ2n) is 6.10. The molecule has 136 valence electrons. The molecule has 0 unspecified atom stereocenters. The van der Waals surface area contributed by atoms with Crippen LogP contribution in [0, 0.1) is 0 Å². The number of amides is 1. The Balaban J connectivity index is 1.49. The topological polar surface area (TPSA) is 78.9 Å². The van der Waals surface area contributed by atoms with Crippen LogP contribution in [0.4, 0.5) is 0 Å². The van der Waals surface area contributed by atoms with Crippen LogP contribution in [-0.4, -0.2) is 49.5 Å². The Hall–Kier alpha value is -2.80. The molecule has 2 aromatic rings. The molecule has 1 aromatic carbocycles. The third kappa shape index (κ3) is 3.57. The van der Waals surface area contributed by atoms with E-state index in [4.69, 9.17) is 18.9 Å². The fourth-order valence-corrected chi connectivity index (χ4v) is 3.06. The number of fused-ring (bicyclic) bond motifs is 1. The van der Waals surface area contributed by atoms with Crippen molar-refractivity contribution in [1.82, 2.24) is 10.3 Å². The highest BCUT2D eigenvalue weighted by molar-refractivity contribution is 5.98. The number of para-hydroxylation sites is 1. The minimum absolute atomic E-state index is 0.182. The molecule has 7 nitrogen and oxygen atoms in total. The van der Waals surface area contributed by atoms with Gasteiger partial charge in [0.15, 0.2) is 11.5 Å². The number of ether oxygens (including phenoxy) is 4. The van der Waals surface area contributed by atoms with Crippen molar-refractivity contribution in [2.75, 3.05) is 26.4 Å². The van der Waals surface area contributed by atoms with Gasteiger partial charge in [0, 0.05) is 18.9 Å². The highest BCUT2D eigenvalue weighted by atomic mass is 16.6. The van der Waals surface area contributed by atoms with Crippen molar-refractivity contribution in [3.63, 3.8) is 0 Å². The lowest BCUT2D eigenvalue weighted by Gasteiger charge is -2.32. The summed E-state index contributed by atoms with van der Waals surface area (Å²) >= 11 is 0. The number of hydrogen-bond acceptors (Lipinski definition) is 6. The van der Waals surface area contributed by atoms with E-state index in [1.807, 2.05) is 12.1 Å². The number of nitrogens with zero attached hydrogens (tertiary/aromatic N) is 1. The van der Waals surface area contributed by atoms with Crippen molar-refractivity contribution < 1.29 is 23.7 Å². The first-order chi connectivity index (χ1) is 12.8. The van der Waals surface area contributed by atoms with Gasteiger partial charge < -0.3 is 24.3 Å². The van der Waals surface area contributed by atoms with E-state index in [0.29, 0.717) is 55.8 Å². The van der Waals surface area contributed by atoms with Crippen LogP contribution < -0.4 is 19.5 Å². The van der Waals surface area contributed by atoms with Gasteiger partial charge in [0.05, 0.1) is 18.2 Å². The SMILES string of the molecule is O=C(N[C@@H]1CCOC[C@H]1Oc1ccccn1)c1cccc2c1OCCO2. The van der Waals surface area contributed by atoms with E-state index in [9.17, 15) is 4.79 Å². The number of rotatable bonds is 4. The molecule has 7 heteroatoms. The van der Waals surface area contributed by atoms with Gasteiger partial charge in [-0.15, -0.1) is 0 Å². The van der Waals surface area contributed by atoms with Gasteiger partial charge in [-0.05, 0) is 24.6 Å². The molecule has 2 aliphatic heterocycles. The molecule has 2 aliphatic rings. The van der Waals surface area contributed by atoms with E-state index in [-0.39, 0.29) is 18.1 Å². The first kappa shape index (κ1) is 16.7. The van der Waals surface area contributed by atoms with Gasteiger partial charge in [0.1, 0.15) is 19.3 Å². The Bertz CT molecular complexity index is 768. The summed E-state index contributed by atoms with van der Waals surface area (Å²) in [5.41, 5.74) is 0.463. The molecular weight excluding hydrogens is 336 g/mol. The van der Waals surface area contributed by atoms with E-state index in [1.54, 1.807) is 30.5 Å². The lowest BCUT2D eigenvalue weighted by molar-refractivity contribution is -0.0153. The fourth-order valence-electron chi connectivity index (χ4n) is 3.06. The second-order valence-corrected chi connectivity index (χ2v) is 6.10. The summed E-state index contributed by atoms with van der Waals surface area (Å²) in [5, 5.41) is 3.05. The van der Waals surface area contributed by atoms with Crippen LogP contribution in [0.5, 0.6) is 17.4 Å². The van der Waals surface area contributed by atoms with Crippen molar-refractivity contribution in [3.8, 4) is 17.4 Å². The lowest BCUT2D eigenvalue weighted by Crippen LogP contribution is -2.51. The minimum Gasteiger partial charge on any atom is -0.486 e. The summed E-state index contributed by atoms with van der Waals surface area (Å²) in [5.74, 6) is 1.38. The van der Waals surface area contributed by atoms with E-state index >= 15 is 0 Å². The number of carbonyl (C=O) groups excluding carboxylic acids is 1. The van der Waals surface area contributed by atoms with Gasteiger partial charge in [-0.3, -0.25) is 4.79 Å². The Morgan fingerprint density at radius 2 is 2.04 bits per heavy atom. The molecule has 4 rings (SSSR count). The molecule has 1 amide bonds. The Morgan fingerprint density at radius 3 is 2.92 bits per heavy atom. The molecule has 0 saturated carbocycles. The Labute approximate surface area is 151 Å². The van der Waals surface area contributed by atoms with E-state index < -0.39 is 0 Å². The summed E-state index contributed by atoms with van der Waals surface area (Å²) in [7, 11) is 0. The van der Waals surface area contributed by atoms with Crippen molar-refractivity contribution in [2.24, 2.45) is 0 Å². The first-order valence-electron chi connectivity index (χ1n) is 8.66. The number of nitrogens with one attached hydrogen (secondary N) is 1. The third-order valence-corrected chi connectivity index (χ3v) is 4.34. The van der Waals surface area contributed by atoms with Gasteiger partial charge in [0.2, 0.25) is 5.88 Å². The Kier molecular flexibility index (Phi) is 4.88. The van der Waals surface area contributed by atoms with Crippen LogP contribution in [0.3, 0.4) is 0 Å². The highest BCUT2D eigenvalue weighted by Crippen LogP contribution is 2.33. The van der Waals surface area contributed by atoms with Crippen molar-refractivity contribution >= 4 is 5.91 Å². The highest BCUT2D eigenvalue weighted by Gasteiger charge is 2.31. The van der Waals surface area contributed by atoms with E-state index in [0.717, 1.165) is 0 Å². The second kappa shape index (κ2) is 7.61. The average molecular weight is 356 g/mol. The molecular formula is C19H20N2O5. The van der Waals surface area contributed by atoms with Gasteiger partial charge in [-0.1, -0.05) is 12.1 Å². The maximum atomic E-state index is 12.8. The molecule has 26 heavy (non-hydrogen) atoms. The summed E-state index contributed by atoms with van der Waals surface area (Å²) in [6.45, 7) is 1.88. The standard InChI is InChI=1S/C19H20N2O5/c22-19(13-4-3-5-15-18(13)25-11-10-24-15)21-14-7-9-23-12-16(14)26-17-6-1-2-8-20-17/h1-6,8,14,16H,7,9-12H2,(H,21,22)/t14-,16-/m1/s1. The van der Waals surface area contributed by atoms with Gasteiger partial charge in [0.25, 0.3) is 5.91 Å². The molecule has 2 atom stereocenters. The lowest BCUT2D eigenvalue weighted by atomic mass is 10.0. The van der Waals surface area contributed by atoms with Crippen LogP contribution in [0.2, 0.25) is 0 Å². The largest absolute Gasteiger partial charge is 0.486 e. The predicted octanol–water partition coefficient (Wildman–Crippen LogP) is 1.82. The molecule has 0 aliphatic carbocycles. The quantitative estimate of drug-likeness (QED) is 0.900. The van der Waals surface area contributed by atoms with Crippen molar-refractivity contribution in [3.05, 3.63) is 48.2 Å². The van der Waals surface area contributed by atoms with Gasteiger partial charge in [-0.25, -0.2) is 4.98 Å². The number of benzene rings is 1. The average Bonchev–Trinajstić information content (AvgIpc) is 2.70. The fraction of sp³-hybridized carbons (Fsp3) is 0.368. The van der Waals surface area contributed by atoms with Crippen LogP contribution in [0.1, 0.15) is 16.8 Å². The summed E-state index contributed by atoms with van der Waals surface area (Å²) < 4.78 is 22.6. The zero-order valence-corrected chi connectivity index (χ0v) is 14.2. The maximum Gasteiger partial charge on any atom is 0.255 e. The molecule has 0 radical (unpaired) electrons. The van der Waals surface area contributed by atoms with Crippen LogP contribution >= 0.6 is 0 Å². The molecule has 0 spiro atoms. The smallest absolute Gasteiger partial charge is 0.255 e. The zero-order chi connectivity index (χ0) is 17.8. The van der Waals surface area contributed by atoms with Crippen LogP contribution in [0.25, 0.3) is 0 Å². The molecule has 1 saturated heterocycles. The molecule has 1 fully saturated rings. The predicted molar refractivity (Wildman–Crippen MR) is 92.8 cm³/mol. The number of carbonyl (C=O) groups is 1. The van der Waals surface area contributed by atoms with Crippen molar-refractivity contribution in [1.29, 1.82) is 0 Å². The molecule has 1 aromatic heterocycles. The molecule has 0 bridgehead atoms. The van der Waals surface area contributed by atoms with E-state index in [1.165, 1.54) is 0 Å². The minimum atomic E-state index is -0.306. The van der Waals surface area contributed by atoms with Crippen LogP contribution in [0.15, 0.2) is 42.6 Å². The maximum absolute atomic E-state index is 12.8. The zero-order valence-electron chi connectivity index (χ0n) is 14.2. The summed E-state index contributed by atoms with van der Waals surface area (Å²) in [6, 6.07) is 10.6. The third-order valence-electron chi connectivity index (χ3n) is 4.34. The molecule has 1 N–H and O–H groups in total. The van der Waals surface area contributed by atoms with Crippen LogP contribution in [-0.2, 0) is 4.74 Å². The normalized spacial score (nSPS) is 21.7. The molecule has 3 heterocycles.